The highest BCUT2D eigenvalue weighted by Crippen LogP contribution is 2.19. The zero-order valence-corrected chi connectivity index (χ0v) is 4.98. The van der Waals surface area contributed by atoms with Gasteiger partial charge in [0.05, 0.1) is 0 Å². The van der Waals surface area contributed by atoms with E-state index in [1.807, 2.05) is 0 Å². The van der Waals surface area contributed by atoms with E-state index < -0.39 is 12.1 Å². The quantitative estimate of drug-likeness (QED) is 0.492. The van der Waals surface area contributed by atoms with Crippen molar-refractivity contribution >= 4 is 35.6 Å². The van der Waals surface area contributed by atoms with Gasteiger partial charge in [0.1, 0.15) is 0 Å². The number of rotatable bonds is 0. The third-order valence-corrected chi connectivity index (χ3v) is 1.25. The molecule has 6 heteroatoms. The summed E-state index contributed by atoms with van der Waals surface area (Å²) in [6.07, 6.45) is 0. The van der Waals surface area contributed by atoms with Gasteiger partial charge in [0.2, 0.25) is 0 Å². The minimum Gasteiger partial charge on any atom is -0.244 e. The van der Waals surface area contributed by atoms with Crippen LogP contribution in [0.2, 0.25) is 0 Å². The maximum atomic E-state index is 10.1. The number of carbonyl (C=O) groups is 2. The fraction of sp³-hybridized carbons (Fsp3) is 0. The second-order valence-electron chi connectivity index (χ2n) is 1.13. The first-order chi connectivity index (χ1) is 3.64. The molecule has 44 valence electrons. The summed E-state index contributed by atoms with van der Waals surface area (Å²) < 4.78 is 0.792. The second kappa shape index (κ2) is 1.50. The minimum atomic E-state index is -0.710. The molecule has 1 rings (SSSR count). The Hall–Kier alpha value is -0.480. The fourth-order valence-corrected chi connectivity index (χ4v) is 0.653. The zero-order valence-electron chi connectivity index (χ0n) is 3.47. The Bertz CT molecular complexity index is 128. The van der Waals surface area contributed by atoms with Gasteiger partial charge in [-0.15, -0.1) is 8.84 Å². The van der Waals surface area contributed by atoms with E-state index in [1.165, 1.54) is 0 Å². The number of imide groups is 2. The van der Waals surface area contributed by atoms with Crippen LogP contribution in [0.15, 0.2) is 0 Å². The van der Waals surface area contributed by atoms with Crippen molar-refractivity contribution in [2.24, 2.45) is 0 Å². The largest absolute Gasteiger partial charge is 0.366 e. The van der Waals surface area contributed by atoms with Gasteiger partial charge >= 0.3 is 12.1 Å². The summed E-state index contributed by atoms with van der Waals surface area (Å²) in [5.74, 6) is 0. The van der Waals surface area contributed by atoms with Crippen molar-refractivity contribution in [2.45, 2.75) is 0 Å². The van der Waals surface area contributed by atoms with Crippen molar-refractivity contribution in [3.8, 4) is 0 Å². The molecule has 0 radical (unpaired) electrons. The SMILES string of the molecule is O=C1N(Cl)C(=O)N1Cl. The molecular formula is C2Cl2N2O2. The van der Waals surface area contributed by atoms with Crippen molar-refractivity contribution < 1.29 is 9.59 Å². The van der Waals surface area contributed by atoms with Gasteiger partial charge in [-0.1, -0.05) is 0 Å². The molecule has 0 unspecified atom stereocenters. The van der Waals surface area contributed by atoms with Crippen molar-refractivity contribution in [1.82, 2.24) is 8.84 Å². The van der Waals surface area contributed by atoms with Crippen LogP contribution >= 0.6 is 23.6 Å². The van der Waals surface area contributed by atoms with Crippen molar-refractivity contribution in [3.05, 3.63) is 0 Å². The molecule has 1 aliphatic rings. The van der Waals surface area contributed by atoms with E-state index in [0.717, 1.165) is 0 Å². The summed E-state index contributed by atoms with van der Waals surface area (Å²) in [6, 6.07) is -1.42. The average molecular weight is 155 g/mol. The highest BCUT2D eigenvalue weighted by atomic mass is 35.5. The Kier molecular flexibility index (Phi) is 1.06. The summed E-state index contributed by atoms with van der Waals surface area (Å²) in [6.45, 7) is 0. The van der Waals surface area contributed by atoms with Crippen LogP contribution in [0, 0.1) is 0 Å². The molecule has 0 aliphatic carbocycles. The molecule has 0 aromatic rings. The molecule has 8 heavy (non-hydrogen) atoms. The second-order valence-corrected chi connectivity index (χ2v) is 1.80. The molecule has 0 N–H and O–H groups in total. The van der Waals surface area contributed by atoms with Crippen LogP contribution in [-0.2, 0) is 0 Å². The van der Waals surface area contributed by atoms with E-state index in [-0.39, 0.29) is 0 Å². The minimum absolute atomic E-state index is 0.396. The van der Waals surface area contributed by atoms with Crippen LogP contribution in [-0.4, -0.2) is 20.9 Å². The van der Waals surface area contributed by atoms with Gasteiger partial charge in [0.15, 0.2) is 0 Å². The van der Waals surface area contributed by atoms with Crippen molar-refractivity contribution in [3.63, 3.8) is 0 Å². The molecule has 0 aromatic carbocycles. The molecule has 0 atom stereocenters. The van der Waals surface area contributed by atoms with Gasteiger partial charge in [0.25, 0.3) is 0 Å². The predicted molar refractivity (Wildman–Crippen MR) is 26.2 cm³/mol. The fourth-order valence-electron chi connectivity index (χ4n) is 0.273. The molecule has 0 bridgehead atoms. The van der Waals surface area contributed by atoms with Crippen LogP contribution in [0.1, 0.15) is 0 Å². The summed E-state index contributed by atoms with van der Waals surface area (Å²) >= 11 is 9.91. The Morgan fingerprint density at radius 2 is 1.25 bits per heavy atom. The number of hydrogen-bond donors (Lipinski definition) is 0. The number of halogens is 2. The number of urea groups is 2. The number of hydrogen-bond acceptors (Lipinski definition) is 2. The molecule has 0 aromatic heterocycles. The Labute approximate surface area is 54.8 Å². The molecule has 1 saturated heterocycles. The normalized spacial score (nSPS) is 19.2. The van der Waals surface area contributed by atoms with Crippen LogP contribution in [0.3, 0.4) is 0 Å². The lowest BCUT2D eigenvalue weighted by Gasteiger charge is -2.26. The highest BCUT2D eigenvalue weighted by Gasteiger charge is 2.42. The van der Waals surface area contributed by atoms with Crippen LogP contribution in [0.25, 0.3) is 0 Å². The third kappa shape index (κ3) is 0.468. The lowest BCUT2D eigenvalue weighted by molar-refractivity contribution is 0.162. The first-order valence-corrected chi connectivity index (χ1v) is 2.32. The molecule has 0 saturated carbocycles. The standard InChI is InChI=1S/C2Cl2N2O2/c3-5-1(7)6(4)2(5)8. The van der Waals surface area contributed by atoms with E-state index in [0.29, 0.717) is 8.84 Å². The van der Waals surface area contributed by atoms with Gasteiger partial charge in [-0.3, -0.25) is 0 Å². The molecule has 4 nitrogen and oxygen atoms in total. The predicted octanol–water partition coefficient (Wildman–Crippen LogP) is 1.15. The van der Waals surface area contributed by atoms with E-state index in [4.69, 9.17) is 23.6 Å². The zero-order chi connectivity index (χ0) is 6.31. The van der Waals surface area contributed by atoms with E-state index in [2.05, 4.69) is 0 Å². The molecule has 1 aliphatic heterocycles. The van der Waals surface area contributed by atoms with E-state index in [1.54, 1.807) is 0 Å². The number of carbonyl (C=O) groups excluding carboxylic acids is 2. The van der Waals surface area contributed by atoms with E-state index >= 15 is 0 Å². The maximum absolute atomic E-state index is 10.1. The lowest BCUT2D eigenvalue weighted by atomic mass is 10.7. The smallest absolute Gasteiger partial charge is 0.244 e. The van der Waals surface area contributed by atoms with Crippen LogP contribution < -0.4 is 0 Å². The van der Waals surface area contributed by atoms with Gasteiger partial charge in [0, 0.05) is 23.6 Å². The number of nitrogens with zero attached hydrogens (tertiary/aromatic N) is 2. The summed E-state index contributed by atoms with van der Waals surface area (Å²) in [5, 5.41) is 0. The monoisotopic (exact) mass is 154 g/mol. The Morgan fingerprint density at radius 3 is 1.38 bits per heavy atom. The lowest BCUT2D eigenvalue weighted by Crippen LogP contribution is -2.54. The maximum Gasteiger partial charge on any atom is 0.366 e. The Balaban J connectivity index is 2.68. The first-order valence-electron chi connectivity index (χ1n) is 1.64. The van der Waals surface area contributed by atoms with E-state index in [9.17, 15) is 9.59 Å². The summed E-state index contributed by atoms with van der Waals surface area (Å²) in [5.41, 5.74) is 0. The molecule has 1 fully saturated rings. The number of amides is 4. The highest BCUT2D eigenvalue weighted by molar-refractivity contribution is 6.45. The van der Waals surface area contributed by atoms with Crippen molar-refractivity contribution in [2.75, 3.05) is 0 Å². The van der Waals surface area contributed by atoms with Gasteiger partial charge in [-0.25, -0.2) is 9.59 Å². The molecule has 1 heterocycles. The third-order valence-electron chi connectivity index (χ3n) is 0.672. The molecule has 4 amide bonds. The van der Waals surface area contributed by atoms with Gasteiger partial charge < -0.3 is 0 Å². The average Bonchev–Trinajstić information content (AvgIpc) is 1.83. The van der Waals surface area contributed by atoms with Crippen molar-refractivity contribution in [1.29, 1.82) is 0 Å². The summed E-state index contributed by atoms with van der Waals surface area (Å²) in [4.78, 5) is 20.3. The molecular weight excluding hydrogens is 155 g/mol. The van der Waals surface area contributed by atoms with Gasteiger partial charge in [-0.2, -0.15) is 0 Å². The topological polar surface area (TPSA) is 40.6 Å². The van der Waals surface area contributed by atoms with Gasteiger partial charge in [-0.05, 0) is 0 Å². The summed E-state index contributed by atoms with van der Waals surface area (Å²) in [7, 11) is 0. The molecule has 0 spiro atoms. The van der Waals surface area contributed by atoms with Crippen LogP contribution in [0.4, 0.5) is 9.59 Å². The first kappa shape index (κ1) is 5.65. The van der Waals surface area contributed by atoms with Crippen LogP contribution in [0.5, 0.6) is 0 Å². The Morgan fingerprint density at radius 1 is 1.00 bits per heavy atom.